The molecule has 1 aliphatic carbocycles. The van der Waals surface area contributed by atoms with Gasteiger partial charge in [-0.1, -0.05) is 37.1 Å². The summed E-state index contributed by atoms with van der Waals surface area (Å²) in [5.74, 6) is 0.0840. The molecule has 1 saturated carbocycles. The van der Waals surface area contributed by atoms with E-state index in [1.54, 1.807) is 6.92 Å². The second-order valence-corrected chi connectivity index (χ2v) is 5.49. The zero-order valence-electron chi connectivity index (χ0n) is 11.4. The Morgan fingerprint density at radius 2 is 2.05 bits per heavy atom. The van der Waals surface area contributed by atoms with Crippen LogP contribution >= 0.6 is 0 Å². The van der Waals surface area contributed by atoms with Crippen LogP contribution in [-0.2, 0) is 4.79 Å². The van der Waals surface area contributed by atoms with E-state index in [9.17, 15) is 4.79 Å². The van der Waals surface area contributed by atoms with Crippen LogP contribution in [0.1, 0.15) is 45.1 Å². The van der Waals surface area contributed by atoms with Gasteiger partial charge in [0.05, 0.1) is 5.71 Å². The Morgan fingerprint density at radius 1 is 1.37 bits per heavy atom. The van der Waals surface area contributed by atoms with Crippen LogP contribution < -0.4 is 5.32 Å². The Bertz CT molecular complexity index is 503. The van der Waals surface area contributed by atoms with Crippen molar-refractivity contribution in [2.45, 2.75) is 39.5 Å². The van der Waals surface area contributed by atoms with Gasteiger partial charge in [0.15, 0.2) is 0 Å². The van der Waals surface area contributed by atoms with Crippen molar-refractivity contribution in [3.05, 3.63) is 29.8 Å². The van der Waals surface area contributed by atoms with E-state index < -0.39 is 0 Å². The van der Waals surface area contributed by atoms with Crippen LogP contribution in [0.2, 0.25) is 0 Å². The molecule has 0 aliphatic heterocycles. The first-order valence-corrected chi connectivity index (χ1v) is 6.66. The van der Waals surface area contributed by atoms with Crippen LogP contribution in [0.25, 0.3) is 0 Å². The molecule has 0 bridgehead atoms. The number of hydrogen-bond acceptors (Lipinski definition) is 3. The average molecular weight is 260 g/mol. The maximum Gasteiger partial charge on any atom is 0.230 e. The molecule has 0 spiro atoms. The van der Waals surface area contributed by atoms with E-state index in [2.05, 4.69) is 10.5 Å². The third kappa shape index (κ3) is 2.95. The summed E-state index contributed by atoms with van der Waals surface area (Å²) in [4.78, 5) is 12.3. The maximum atomic E-state index is 12.3. The van der Waals surface area contributed by atoms with Crippen molar-refractivity contribution in [2.75, 3.05) is 5.32 Å². The quantitative estimate of drug-likeness (QED) is 0.497. The van der Waals surface area contributed by atoms with E-state index in [0.717, 1.165) is 36.9 Å². The number of hydrogen-bond donors (Lipinski definition) is 2. The summed E-state index contributed by atoms with van der Waals surface area (Å²) >= 11 is 0. The Labute approximate surface area is 113 Å². The first-order valence-electron chi connectivity index (χ1n) is 6.66. The molecule has 4 nitrogen and oxygen atoms in total. The zero-order valence-corrected chi connectivity index (χ0v) is 11.4. The number of nitrogens with zero attached hydrogens (tertiary/aromatic N) is 1. The molecule has 19 heavy (non-hydrogen) atoms. The van der Waals surface area contributed by atoms with Gasteiger partial charge in [0, 0.05) is 16.7 Å². The van der Waals surface area contributed by atoms with Crippen LogP contribution in [0.5, 0.6) is 0 Å². The summed E-state index contributed by atoms with van der Waals surface area (Å²) in [5.41, 5.74) is 1.84. The molecule has 1 fully saturated rings. The highest BCUT2D eigenvalue weighted by Gasteiger charge is 2.36. The molecule has 4 heteroatoms. The van der Waals surface area contributed by atoms with Crippen molar-refractivity contribution < 1.29 is 10.0 Å². The number of carbonyl (C=O) groups is 1. The van der Waals surface area contributed by atoms with Crippen molar-refractivity contribution in [3.8, 4) is 0 Å². The lowest BCUT2D eigenvalue weighted by Gasteiger charge is -2.22. The van der Waals surface area contributed by atoms with E-state index in [-0.39, 0.29) is 11.3 Å². The molecule has 1 aromatic carbocycles. The number of nitrogens with one attached hydrogen (secondary N) is 1. The van der Waals surface area contributed by atoms with Gasteiger partial charge in [-0.2, -0.15) is 0 Å². The van der Waals surface area contributed by atoms with E-state index >= 15 is 0 Å². The summed E-state index contributed by atoms with van der Waals surface area (Å²) in [6.07, 6.45) is 4.16. The summed E-state index contributed by atoms with van der Waals surface area (Å²) in [7, 11) is 0. The van der Waals surface area contributed by atoms with E-state index in [1.807, 2.05) is 31.2 Å². The molecule has 0 radical (unpaired) electrons. The van der Waals surface area contributed by atoms with Gasteiger partial charge >= 0.3 is 0 Å². The van der Waals surface area contributed by atoms with Crippen molar-refractivity contribution in [3.63, 3.8) is 0 Å². The Hall–Kier alpha value is -1.84. The summed E-state index contributed by atoms with van der Waals surface area (Å²) in [6.45, 7) is 3.75. The highest BCUT2D eigenvalue weighted by atomic mass is 16.4. The average Bonchev–Trinajstić information content (AvgIpc) is 2.86. The van der Waals surface area contributed by atoms with Crippen molar-refractivity contribution in [1.82, 2.24) is 0 Å². The third-order valence-corrected chi connectivity index (χ3v) is 3.94. The molecule has 0 saturated heterocycles. The Morgan fingerprint density at radius 3 is 2.68 bits per heavy atom. The fraction of sp³-hybridized carbons (Fsp3) is 0.467. The second kappa shape index (κ2) is 5.43. The minimum Gasteiger partial charge on any atom is -0.411 e. The van der Waals surface area contributed by atoms with Crippen LogP contribution in [0.4, 0.5) is 5.69 Å². The lowest BCUT2D eigenvalue weighted by atomic mass is 9.88. The van der Waals surface area contributed by atoms with E-state index in [1.165, 1.54) is 0 Å². The van der Waals surface area contributed by atoms with Gasteiger partial charge in [0.25, 0.3) is 0 Å². The van der Waals surface area contributed by atoms with Crippen LogP contribution in [-0.4, -0.2) is 16.8 Å². The maximum absolute atomic E-state index is 12.3. The molecule has 0 unspecified atom stereocenters. The Balaban J connectivity index is 2.13. The van der Waals surface area contributed by atoms with E-state index in [0.29, 0.717) is 5.71 Å². The number of rotatable bonds is 3. The monoisotopic (exact) mass is 260 g/mol. The van der Waals surface area contributed by atoms with Gasteiger partial charge in [-0.05, 0) is 31.9 Å². The number of oxime groups is 1. The predicted octanol–water partition coefficient (Wildman–Crippen LogP) is 3.40. The first-order chi connectivity index (χ1) is 9.05. The van der Waals surface area contributed by atoms with Crippen molar-refractivity contribution in [1.29, 1.82) is 0 Å². The minimum atomic E-state index is -0.240. The molecule has 1 aromatic rings. The predicted molar refractivity (Wildman–Crippen MR) is 75.6 cm³/mol. The van der Waals surface area contributed by atoms with Crippen LogP contribution in [0.3, 0.4) is 0 Å². The van der Waals surface area contributed by atoms with Gasteiger partial charge in [-0.15, -0.1) is 0 Å². The highest BCUT2D eigenvalue weighted by molar-refractivity contribution is 6.00. The standard InChI is InChI=1S/C15H20N2O2/c1-11(17-19)12-6-5-7-13(10-12)16-14(18)15(2)8-3-4-9-15/h5-7,10,19H,3-4,8-9H2,1-2H3,(H,16,18). The fourth-order valence-corrected chi connectivity index (χ4v) is 2.54. The van der Waals surface area contributed by atoms with Gasteiger partial charge in [-0.25, -0.2) is 0 Å². The Kier molecular flexibility index (Phi) is 3.88. The zero-order chi connectivity index (χ0) is 13.9. The first kappa shape index (κ1) is 13.6. The largest absolute Gasteiger partial charge is 0.411 e. The number of benzene rings is 1. The van der Waals surface area contributed by atoms with Crippen molar-refractivity contribution in [2.24, 2.45) is 10.6 Å². The third-order valence-electron chi connectivity index (χ3n) is 3.94. The summed E-state index contributed by atoms with van der Waals surface area (Å²) in [6, 6.07) is 7.37. The molecule has 0 aromatic heterocycles. The fourth-order valence-electron chi connectivity index (χ4n) is 2.54. The van der Waals surface area contributed by atoms with Gasteiger partial charge in [-0.3, -0.25) is 4.79 Å². The van der Waals surface area contributed by atoms with Crippen LogP contribution in [0.15, 0.2) is 29.4 Å². The van der Waals surface area contributed by atoms with Gasteiger partial charge in [0.1, 0.15) is 0 Å². The lowest BCUT2D eigenvalue weighted by Crippen LogP contribution is -2.30. The molecule has 2 rings (SSSR count). The molecule has 0 atom stereocenters. The molecule has 1 aliphatic rings. The molecule has 2 N–H and O–H groups in total. The molecule has 1 amide bonds. The normalized spacial score (nSPS) is 18.3. The second-order valence-electron chi connectivity index (χ2n) is 5.49. The molecular formula is C15H20N2O2. The molecule has 102 valence electrons. The number of anilines is 1. The smallest absolute Gasteiger partial charge is 0.230 e. The molecular weight excluding hydrogens is 240 g/mol. The van der Waals surface area contributed by atoms with Gasteiger partial charge in [0.2, 0.25) is 5.91 Å². The molecule has 0 heterocycles. The SMILES string of the molecule is CC(=NO)c1cccc(NC(=O)C2(C)CCCC2)c1. The lowest BCUT2D eigenvalue weighted by molar-refractivity contribution is -0.124. The van der Waals surface area contributed by atoms with E-state index in [4.69, 9.17) is 5.21 Å². The minimum absolute atomic E-state index is 0.0840. The summed E-state index contributed by atoms with van der Waals surface area (Å²) in [5, 5.41) is 14.9. The van der Waals surface area contributed by atoms with Gasteiger partial charge < -0.3 is 10.5 Å². The van der Waals surface area contributed by atoms with Crippen molar-refractivity contribution >= 4 is 17.3 Å². The van der Waals surface area contributed by atoms with Crippen LogP contribution in [0, 0.1) is 5.41 Å². The number of carbonyl (C=O) groups excluding carboxylic acids is 1. The number of amides is 1. The topological polar surface area (TPSA) is 61.7 Å². The highest BCUT2D eigenvalue weighted by Crippen LogP contribution is 2.38. The summed E-state index contributed by atoms with van der Waals surface area (Å²) < 4.78 is 0.